The number of carbonyl (C=O) groups excluding carboxylic acids is 1. The topological polar surface area (TPSA) is 104 Å². The molecule has 0 radical (unpaired) electrons. The first-order valence-electron chi connectivity index (χ1n) is 16.1. The smallest absolute Gasteiger partial charge is 0.227 e. The summed E-state index contributed by atoms with van der Waals surface area (Å²) >= 11 is 6.54. The van der Waals surface area contributed by atoms with Gasteiger partial charge in [-0.15, -0.1) is 0 Å². The summed E-state index contributed by atoms with van der Waals surface area (Å²) in [5.41, 5.74) is 3.51. The van der Waals surface area contributed by atoms with Crippen LogP contribution < -0.4 is 4.74 Å². The molecule has 1 aliphatic heterocycles. The van der Waals surface area contributed by atoms with Crippen molar-refractivity contribution in [1.82, 2.24) is 0 Å². The minimum Gasteiger partial charge on any atom is -0.494 e. The van der Waals surface area contributed by atoms with Crippen LogP contribution in [0.2, 0.25) is 5.02 Å². The van der Waals surface area contributed by atoms with Gasteiger partial charge in [0.2, 0.25) is 5.79 Å². The summed E-state index contributed by atoms with van der Waals surface area (Å²) in [6.45, 7) is 7.86. The van der Waals surface area contributed by atoms with Gasteiger partial charge in [-0.2, -0.15) is 0 Å². The molecule has 5 atom stereocenters. The Kier molecular flexibility index (Phi) is 11.7. The van der Waals surface area contributed by atoms with Crippen LogP contribution in [0.25, 0.3) is 0 Å². The van der Waals surface area contributed by atoms with Crippen molar-refractivity contribution in [2.45, 2.75) is 83.3 Å². The monoisotopic (exact) mass is 674 g/mol. The number of carbonyl (C=O) groups is 1. The summed E-state index contributed by atoms with van der Waals surface area (Å²) in [5, 5.41) is 23.9. The zero-order valence-corrected chi connectivity index (χ0v) is 28.4. The van der Waals surface area contributed by atoms with E-state index in [0.29, 0.717) is 23.6 Å². The highest BCUT2D eigenvalue weighted by Gasteiger charge is 2.61. The van der Waals surface area contributed by atoms with E-state index >= 15 is 0 Å². The second kappa shape index (κ2) is 15.7. The molecule has 4 aromatic carbocycles. The highest BCUT2D eigenvalue weighted by Crippen LogP contribution is 2.43. The van der Waals surface area contributed by atoms with Gasteiger partial charge in [0.05, 0.1) is 19.8 Å². The van der Waals surface area contributed by atoms with Crippen molar-refractivity contribution in [1.29, 1.82) is 0 Å². The molecule has 2 N–H and O–H groups in total. The number of rotatable bonds is 15. The van der Waals surface area contributed by atoms with Crippen LogP contribution in [-0.4, -0.2) is 58.6 Å². The Balaban J connectivity index is 1.44. The molecule has 1 fully saturated rings. The predicted molar refractivity (Wildman–Crippen MR) is 183 cm³/mol. The number of hydrogen-bond acceptors (Lipinski definition) is 8. The fourth-order valence-corrected chi connectivity index (χ4v) is 6.13. The number of Topliss-reactive ketones (excluding diaryl/α,β-unsaturated/α-hetero) is 1. The van der Waals surface area contributed by atoms with Gasteiger partial charge in [0.25, 0.3) is 0 Å². The molecule has 5 rings (SSSR count). The number of aliphatic hydroxyl groups is 2. The summed E-state index contributed by atoms with van der Waals surface area (Å²) in [6.07, 6.45) is -5.34. The zero-order chi connectivity index (χ0) is 34.3. The third kappa shape index (κ3) is 8.51. The molecule has 0 aliphatic carbocycles. The number of hydrogen-bond donors (Lipinski definition) is 2. The fraction of sp³-hybridized carbons (Fsp3) is 0.359. The Morgan fingerprint density at radius 3 is 2.08 bits per heavy atom. The van der Waals surface area contributed by atoms with Gasteiger partial charge in [0.15, 0.2) is 11.6 Å². The molecule has 0 bridgehead atoms. The molecule has 0 aromatic heterocycles. The van der Waals surface area contributed by atoms with E-state index < -0.39 is 41.8 Å². The van der Waals surface area contributed by atoms with Crippen LogP contribution in [0.3, 0.4) is 0 Å². The van der Waals surface area contributed by atoms with E-state index in [1.807, 2.05) is 91.9 Å². The Bertz CT molecular complexity index is 1630. The summed E-state index contributed by atoms with van der Waals surface area (Å²) in [6, 6.07) is 31.3. The highest BCUT2D eigenvalue weighted by molar-refractivity contribution is 6.31. The highest BCUT2D eigenvalue weighted by atomic mass is 35.5. The molecule has 1 aliphatic rings. The molecule has 0 unspecified atom stereocenters. The lowest BCUT2D eigenvalue weighted by Gasteiger charge is -2.41. The van der Waals surface area contributed by atoms with Crippen molar-refractivity contribution in [3.05, 3.63) is 136 Å². The normalized spacial score (nSPS) is 20.6. The molecular formula is C39H43ClO8. The van der Waals surface area contributed by atoms with Crippen LogP contribution in [0.1, 0.15) is 60.3 Å². The van der Waals surface area contributed by atoms with Gasteiger partial charge >= 0.3 is 0 Å². The Morgan fingerprint density at radius 1 is 0.875 bits per heavy atom. The molecular weight excluding hydrogens is 632 g/mol. The molecule has 254 valence electrons. The van der Waals surface area contributed by atoms with Crippen molar-refractivity contribution in [3.63, 3.8) is 0 Å². The van der Waals surface area contributed by atoms with Gasteiger partial charge in [-0.05, 0) is 86.7 Å². The molecule has 48 heavy (non-hydrogen) atoms. The first kappa shape index (κ1) is 35.7. The first-order chi connectivity index (χ1) is 23.0. The van der Waals surface area contributed by atoms with Crippen molar-refractivity contribution in [3.8, 4) is 5.75 Å². The van der Waals surface area contributed by atoms with Crippen molar-refractivity contribution in [2.24, 2.45) is 0 Å². The van der Waals surface area contributed by atoms with Crippen molar-refractivity contribution in [2.75, 3.05) is 6.61 Å². The summed E-state index contributed by atoms with van der Waals surface area (Å²) in [4.78, 5) is 13.9. The lowest BCUT2D eigenvalue weighted by Crippen LogP contribution is -2.61. The van der Waals surface area contributed by atoms with Gasteiger partial charge < -0.3 is 33.9 Å². The molecule has 0 saturated carbocycles. The van der Waals surface area contributed by atoms with Crippen LogP contribution in [0.5, 0.6) is 5.75 Å². The number of aliphatic hydroxyl groups excluding tert-OH is 2. The van der Waals surface area contributed by atoms with Crippen LogP contribution in [0.4, 0.5) is 0 Å². The predicted octanol–water partition coefficient (Wildman–Crippen LogP) is 6.90. The molecule has 0 spiro atoms. The molecule has 0 amide bonds. The van der Waals surface area contributed by atoms with Crippen LogP contribution in [0, 0.1) is 0 Å². The summed E-state index contributed by atoms with van der Waals surface area (Å²) in [5.74, 6) is -2.76. The average molecular weight is 675 g/mol. The summed E-state index contributed by atoms with van der Waals surface area (Å²) in [7, 11) is 0. The third-order valence-corrected chi connectivity index (χ3v) is 8.64. The number of ketones is 1. The van der Waals surface area contributed by atoms with Gasteiger partial charge in [-0.1, -0.05) is 84.4 Å². The largest absolute Gasteiger partial charge is 0.494 e. The fourth-order valence-electron chi connectivity index (χ4n) is 5.95. The Hall–Kier alpha value is -3.60. The molecule has 9 heteroatoms. The minimum absolute atomic E-state index is 0.0452. The standard InChI is InChI=1S/C39H43ClO8/c1-5-44-32-19-16-27(17-20-32)22-31-23-30(18-21-33(31)40)34(41)35(42)36(43)37(45-24-28-12-8-6-9-13-28)39(26(2)47-38(3,4)48-39)46-25-29-14-10-7-11-15-29/h6-21,23,26,35-37,42-43H,5,22,24-25H2,1-4H3/t26-,35+,36-,37+,39-/m1/s1. The first-order valence-corrected chi connectivity index (χ1v) is 16.5. The van der Waals surface area contributed by atoms with Crippen LogP contribution in [0.15, 0.2) is 103 Å². The molecule has 1 saturated heterocycles. The van der Waals surface area contributed by atoms with E-state index in [0.717, 1.165) is 22.4 Å². The average Bonchev–Trinajstić information content (AvgIpc) is 3.33. The minimum atomic E-state index is -1.90. The van der Waals surface area contributed by atoms with Crippen LogP contribution >= 0.6 is 11.6 Å². The summed E-state index contributed by atoms with van der Waals surface area (Å²) < 4.78 is 30.9. The van der Waals surface area contributed by atoms with E-state index in [2.05, 4.69) is 0 Å². The van der Waals surface area contributed by atoms with E-state index in [-0.39, 0.29) is 18.8 Å². The van der Waals surface area contributed by atoms with Gasteiger partial charge in [0, 0.05) is 10.6 Å². The van der Waals surface area contributed by atoms with E-state index in [4.69, 9.17) is 35.3 Å². The maximum Gasteiger partial charge on any atom is 0.227 e. The lowest BCUT2D eigenvalue weighted by molar-refractivity contribution is -0.325. The van der Waals surface area contributed by atoms with E-state index in [1.165, 1.54) is 6.07 Å². The van der Waals surface area contributed by atoms with Gasteiger partial charge in [-0.3, -0.25) is 4.79 Å². The van der Waals surface area contributed by atoms with E-state index in [9.17, 15) is 15.0 Å². The SMILES string of the molecule is CCOc1ccc(Cc2cc(C(=O)[C@H](O)[C@@H](O)[C@H](OCc3ccccc3)[C@]3(OCc4ccccc4)OC(C)(C)O[C@@H]3C)ccc2Cl)cc1. The van der Waals surface area contributed by atoms with Gasteiger partial charge in [-0.25, -0.2) is 0 Å². The van der Waals surface area contributed by atoms with Gasteiger partial charge in [0.1, 0.15) is 30.2 Å². The van der Waals surface area contributed by atoms with E-state index in [1.54, 1.807) is 32.9 Å². The lowest BCUT2D eigenvalue weighted by atomic mass is 9.91. The zero-order valence-electron chi connectivity index (χ0n) is 27.7. The van der Waals surface area contributed by atoms with Crippen molar-refractivity contribution < 1.29 is 38.7 Å². The third-order valence-electron chi connectivity index (χ3n) is 8.27. The Morgan fingerprint density at radius 2 is 1.50 bits per heavy atom. The quantitative estimate of drug-likeness (QED) is 0.131. The number of halogens is 1. The maximum absolute atomic E-state index is 13.9. The van der Waals surface area contributed by atoms with Crippen molar-refractivity contribution >= 4 is 17.4 Å². The number of ether oxygens (including phenoxy) is 5. The number of benzene rings is 4. The molecule has 1 heterocycles. The maximum atomic E-state index is 13.9. The molecule has 8 nitrogen and oxygen atoms in total. The van der Waals surface area contributed by atoms with Crippen LogP contribution in [-0.2, 0) is 38.6 Å². The second-order valence-electron chi connectivity index (χ2n) is 12.3. The Labute approximate surface area is 287 Å². The molecule has 4 aromatic rings. The second-order valence-corrected chi connectivity index (χ2v) is 12.7.